The van der Waals surface area contributed by atoms with Gasteiger partial charge in [-0.2, -0.15) is 15.2 Å². The number of halogens is 1. The van der Waals surface area contributed by atoms with Crippen LogP contribution in [-0.4, -0.2) is 84.1 Å². The van der Waals surface area contributed by atoms with Gasteiger partial charge in [-0.15, -0.1) is 0 Å². The first kappa shape index (κ1) is 28.2. The van der Waals surface area contributed by atoms with Crippen LogP contribution in [-0.2, 0) is 17.8 Å². The first-order valence-electron chi connectivity index (χ1n) is 14.1. The van der Waals surface area contributed by atoms with Gasteiger partial charge in [-0.05, 0) is 63.9 Å². The van der Waals surface area contributed by atoms with Crippen LogP contribution >= 0.6 is 11.6 Å². The Morgan fingerprint density at radius 3 is 2.73 bits per heavy atom. The van der Waals surface area contributed by atoms with Gasteiger partial charge >= 0.3 is 6.01 Å². The maximum Gasteiger partial charge on any atom is 0.318 e. The van der Waals surface area contributed by atoms with Crippen LogP contribution in [0.3, 0.4) is 0 Å². The van der Waals surface area contributed by atoms with Crippen LogP contribution in [0.1, 0.15) is 41.6 Å². The number of hydrogen-bond acceptors (Lipinski definition) is 8. The quantitative estimate of drug-likeness (QED) is 0.470. The number of fused-ring (bicyclic) bond motifs is 1. The highest BCUT2D eigenvalue weighted by atomic mass is 35.5. The van der Waals surface area contributed by atoms with E-state index in [1.54, 1.807) is 4.90 Å². The number of nitriles is 1. The number of aryl methyl sites for hydroxylation is 1. The van der Waals surface area contributed by atoms with Crippen LogP contribution in [0.5, 0.6) is 6.01 Å². The summed E-state index contributed by atoms with van der Waals surface area (Å²) in [4.78, 5) is 31.1. The van der Waals surface area contributed by atoms with Gasteiger partial charge in [-0.3, -0.25) is 4.79 Å². The lowest BCUT2D eigenvalue weighted by Crippen LogP contribution is -2.55. The lowest BCUT2D eigenvalue weighted by atomic mass is 10.0. The van der Waals surface area contributed by atoms with E-state index < -0.39 is 0 Å². The molecule has 0 N–H and O–H groups in total. The highest BCUT2D eigenvalue weighted by molar-refractivity contribution is 6.41. The monoisotopic (exact) mass is 563 g/mol. The van der Waals surface area contributed by atoms with Crippen LogP contribution in [0.15, 0.2) is 29.8 Å². The fraction of sp³-hybridized carbons (Fsp3) is 0.533. The molecule has 3 aliphatic rings. The molecular formula is C30H38ClN7O2. The summed E-state index contributed by atoms with van der Waals surface area (Å²) in [5.74, 6) is 0.528. The summed E-state index contributed by atoms with van der Waals surface area (Å²) < 4.78 is 6.25. The van der Waals surface area contributed by atoms with Crippen LogP contribution in [0.4, 0.5) is 11.5 Å². The minimum Gasteiger partial charge on any atom is -0.462 e. The summed E-state index contributed by atoms with van der Waals surface area (Å²) in [6, 6.07) is 9.10. The number of carbonyl (C=O) groups excluding carboxylic acids is 1. The van der Waals surface area contributed by atoms with E-state index in [4.69, 9.17) is 26.3 Å². The number of carbonyl (C=O) groups is 1. The standard InChI is InChI=1S/C30H38ClN7O2/c1-20-7-5-9-27(21(20)2)36-14-11-25-26(18-36)33-30(40-19-24-8-6-13-35(24)4)34-28(25)37-15-16-38(29(39)22(3)31)23(17-37)10-12-32/h5,7,9,23-24H,3,6,8,10-11,13-19H2,1-2,4H3/t23?,24-/m0/s1. The highest BCUT2D eigenvalue weighted by Crippen LogP contribution is 2.34. The minimum absolute atomic E-state index is 0.0325. The van der Waals surface area contributed by atoms with Crippen molar-refractivity contribution in [2.45, 2.75) is 58.2 Å². The van der Waals surface area contributed by atoms with Gasteiger partial charge < -0.3 is 24.3 Å². The number of nitrogens with zero attached hydrogens (tertiary/aromatic N) is 7. The Kier molecular flexibility index (Phi) is 8.48. The maximum atomic E-state index is 12.7. The Labute approximate surface area is 242 Å². The lowest BCUT2D eigenvalue weighted by Gasteiger charge is -2.42. The van der Waals surface area contributed by atoms with Crippen LogP contribution < -0.4 is 14.5 Å². The molecule has 9 nitrogen and oxygen atoms in total. The van der Waals surface area contributed by atoms with Crippen molar-refractivity contribution in [1.82, 2.24) is 19.8 Å². The molecule has 0 bridgehead atoms. The zero-order chi connectivity index (χ0) is 28.4. The molecule has 40 heavy (non-hydrogen) atoms. The first-order chi connectivity index (χ1) is 19.3. The number of likely N-dealkylation sites (N-methyl/N-ethyl adjacent to an activating group) is 1. The summed E-state index contributed by atoms with van der Waals surface area (Å²) in [7, 11) is 2.13. The zero-order valence-electron chi connectivity index (χ0n) is 23.7. The third kappa shape index (κ3) is 5.74. The second-order valence-corrected chi connectivity index (χ2v) is 11.6. The Morgan fingerprint density at radius 1 is 1.18 bits per heavy atom. The van der Waals surface area contributed by atoms with E-state index >= 15 is 0 Å². The number of hydrogen-bond donors (Lipinski definition) is 0. The molecule has 1 aromatic heterocycles. The largest absolute Gasteiger partial charge is 0.462 e. The molecular weight excluding hydrogens is 526 g/mol. The summed E-state index contributed by atoms with van der Waals surface area (Å²) in [5, 5.41) is 9.47. The van der Waals surface area contributed by atoms with E-state index in [1.165, 1.54) is 23.2 Å². The molecule has 212 valence electrons. The fourth-order valence-electron chi connectivity index (χ4n) is 6.11. The molecule has 1 amide bonds. The average molecular weight is 564 g/mol. The molecule has 0 aliphatic carbocycles. The third-order valence-corrected chi connectivity index (χ3v) is 8.78. The van der Waals surface area contributed by atoms with Crippen molar-refractivity contribution >= 4 is 29.0 Å². The predicted octanol–water partition coefficient (Wildman–Crippen LogP) is 3.81. The minimum atomic E-state index is -0.319. The van der Waals surface area contributed by atoms with E-state index in [9.17, 15) is 10.1 Å². The van der Waals surface area contributed by atoms with E-state index in [0.717, 1.165) is 43.0 Å². The van der Waals surface area contributed by atoms with E-state index in [-0.39, 0.29) is 23.4 Å². The van der Waals surface area contributed by atoms with Gasteiger partial charge in [0.1, 0.15) is 12.4 Å². The molecule has 2 atom stereocenters. The predicted molar refractivity (Wildman–Crippen MR) is 157 cm³/mol. The van der Waals surface area contributed by atoms with Gasteiger partial charge in [-0.25, -0.2) is 0 Å². The Morgan fingerprint density at radius 2 is 2.00 bits per heavy atom. The number of piperazine rings is 1. The molecule has 2 aromatic rings. The van der Waals surface area contributed by atoms with Gasteiger partial charge in [0.05, 0.1) is 35.8 Å². The van der Waals surface area contributed by atoms with Crippen molar-refractivity contribution < 1.29 is 9.53 Å². The van der Waals surface area contributed by atoms with Crippen LogP contribution in [0.2, 0.25) is 0 Å². The summed E-state index contributed by atoms with van der Waals surface area (Å²) in [6.07, 6.45) is 3.28. The number of benzene rings is 1. The molecule has 1 unspecified atom stereocenters. The smallest absolute Gasteiger partial charge is 0.318 e. The van der Waals surface area contributed by atoms with Crippen LogP contribution in [0, 0.1) is 25.2 Å². The number of aromatic nitrogens is 2. The molecule has 2 saturated heterocycles. The summed E-state index contributed by atoms with van der Waals surface area (Å²) >= 11 is 5.95. The molecule has 4 heterocycles. The topological polar surface area (TPSA) is 88.8 Å². The zero-order valence-corrected chi connectivity index (χ0v) is 24.5. The number of anilines is 2. The van der Waals surface area contributed by atoms with Crippen molar-refractivity contribution in [2.24, 2.45) is 0 Å². The van der Waals surface area contributed by atoms with Crippen molar-refractivity contribution in [3.63, 3.8) is 0 Å². The van der Waals surface area contributed by atoms with Crippen molar-refractivity contribution in [1.29, 1.82) is 5.26 Å². The van der Waals surface area contributed by atoms with Crippen molar-refractivity contribution in [3.8, 4) is 12.1 Å². The van der Waals surface area contributed by atoms with Gasteiger partial charge in [0.25, 0.3) is 5.91 Å². The van der Waals surface area contributed by atoms with Crippen molar-refractivity contribution in [3.05, 3.63) is 52.2 Å². The number of amides is 1. The van der Waals surface area contributed by atoms with Gasteiger partial charge in [0.15, 0.2) is 0 Å². The Bertz CT molecular complexity index is 1330. The molecule has 1 aromatic carbocycles. The van der Waals surface area contributed by atoms with Crippen molar-refractivity contribution in [2.75, 3.05) is 56.2 Å². The Balaban J connectivity index is 1.46. The first-order valence-corrected chi connectivity index (χ1v) is 14.5. The average Bonchev–Trinajstić information content (AvgIpc) is 3.36. The fourth-order valence-corrected chi connectivity index (χ4v) is 6.22. The van der Waals surface area contributed by atoms with E-state index in [1.807, 2.05) is 0 Å². The maximum absolute atomic E-state index is 12.7. The van der Waals surface area contributed by atoms with Crippen LogP contribution in [0.25, 0.3) is 0 Å². The molecule has 3 aliphatic heterocycles. The summed E-state index contributed by atoms with van der Waals surface area (Å²) in [6.45, 7) is 12.6. The highest BCUT2D eigenvalue weighted by Gasteiger charge is 2.34. The molecule has 0 radical (unpaired) electrons. The van der Waals surface area contributed by atoms with Gasteiger partial charge in [-0.1, -0.05) is 30.3 Å². The van der Waals surface area contributed by atoms with Gasteiger partial charge in [0.2, 0.25) is 0 Å². The number of ether oxygens (including phenoxy) is 1. The SMILES string of the molecule is C=C(Cl)C(=O)N1CCN(c2nc(OC[C@@H]3CCCN3C)nc3c2CCN(c2cccc(C)c2C)C3)CC1CC#N. The normalized spacial score (nSPS) is 21.2. The molecule has 10 heteroatoms. The third-order valence-electron chi connectivity index (χ3n) is 8.62. The molecule has 5 rings (SSSR count). The lowest BCUT2D eigenvalue weighted by molar-refractivity contribution is -0.129. The Hall–Kier alpha value is -3.35. The van der Waals surface area contributed by atoms with E-state index in [2.05, 4.69) is 66.4 Å². The molecule has 0 saturated carbocycles. The number of likely N-dealkylation sites (tertiary alicyclic amines) is 1. The number of rotatable bonds is 7. The van der Waals surface area contributed by atoms with E-state index in [0.29, 0.717) is 44.8 Å². The molecule has 2 fully saturated rings. The van der Waals surface area contributed by atoms with Gasteiger partial charge in [0, 0.05) is 43.5 Å². The summed E-state index contributed by atoms with van der Waals surface area (Å²) in [5.41, 5.74) is 5.86. The second-order valence-electron chi connectivity index (χ2n) is 11.1. The second kappa shape index (κ2) is 12.0. The molecule has 0 spiro atoms.